The molecule has 0 saturated carbocycles. The second-order valence-electron chi connectivity index (χ2n) is 2.31. The standard InChI is InChI=1S/C7H9BrO2/c1-5-4-6(2-3-8)10-7(5)9/h6H,1-4H2. The van der Waals surface area contributed by atoms with Gasteiger partial charge in [0.15, 0.2) is 0 Å². The normalized spacial score (nSPS) is 25.1. The number of carbonyl (C=O) groups is 1. The summed E-state index contributed by atoms with van der Waals surface area (Å²) in [6.07, 6.45) is 1.65. The lowest BCUT2D eigenvalue weighted by molar-refractivity contribution is -0.138. The fraction of sp³-hybridized carbons (Fsp3) is 0.571. The lowest BCUT2D eigenvalue weighted by Gasteiger charge is -2.03. The van der Waals surface area contributed by atoms with E-state index in [9.17, 15) is 4.79 Å². The van der Waals surface area contributed by atoms with Crippen molar-refractivity contribution in [3.63, 3.8) is 0 Å². The molecule has 0 bridgehead atoms. The van der Waals surface area contributed by atoms with Gasteiger partial charge in [-0.25, -0.2) is 4.79 Å². The molecule has 0 aromatic carbocycles. The van der Waals surface area contributed by atoms with Gasteiger partial charge in [0.05, 0.1) is 0 Å². The number of esters is 1. The summed E-state index contributed by atoms with van der Waals surface area (Å²) in [5.74, 6) is -0.231. The third-order valence-corrected chi connectivity index (χ3v) is 1.93. The summed E-state index contributed by atoms with van der Waals surface area (Å²) in [7, 11) is 0. The van der Waals surface area contributed by atoms with Crippen LogP contribution < -0.4 is 0 Å². The van der Waals surface area contributed by atoms with E-state index < -0.39 is 0 Å². The van der Waals surface area contributed by atoms with Gasteiger partial charge < -0.3 is 4.74 Å². The average Bonchev–Trinajstić information content (AvgIpc) is 2.14. The zero-order valence-electron chi connectivity index (χ0n) is 5.60. The molecule has 1 aliphatic rings. The molecular weight excluding hydrogens is 196 g/mol. The Balaban J connectivity index is 2.41. The summed E-state index contributed by atoms with van der Waals surface area (Å²) in [6, 6.07) is 0. The lowest BCUT2D eigenvalue weighted by Crippen LogP contribution is -2.06. The highest BCUT2D eigenvalue weighted by Crippen LogP contribution is 2.21. The molecule has 1 heterocycles. The van der Waals surface area contributed by atoms with Crippen molar-refractivity contribution in [2.24, 2.45) is 0 Å². The van der Waals surface area contributed by atoms with Gasteiger partial charge in [-0.05, 0) is 6.42 Å². The Bertz CT molecular complexity index is 149. The minimum atomic E-state index is -0.231. The molecule has 1 unspecified atom stereocenters. The van der Waals surface area contributed by atoms with Crippen LogP contribution in [0.4, 0.5) is 0 Å². The molecule has 1 fully saturated rings. The highest BCUT2D eigenvalue weighted by atomic mass is 79.9. The summed E-state index contributed by atoms with van der Waals surface area (Å²) in [5, 5.41) is 0.873. The number of hydrogen-bond acceptors (Lipinski definition) is 2. The van der Waals surface area contributed by atoms with Crippen molar-refractivity contribution in [3.05, 3.63) is 12.2 Å². The second-order valence-corrected chi connectivity index (χ2v) is 3.11. The number of halogens is 1. The molecule has 1 atom stereocenters. The van der Waals surface area contributed by atoms with Gasteiger partial charge in [-0.1, -0.05) is 22.5 Å². The van der Waals surface area contributed by atoms with Gasteiger partial charge in [0.1, 0.15) is 6.10 Å². The van der Waals surface area contributed by atoms with E-state index in [1.165, 1.54) is 0 Å². The van der Waals surface area contributed by atoms with Gasteiger partial charge in [0.25, 0.3) is 0 Å². The number of ether oxygens (including phenoxy) is 1. The van der Waals surface area contributed by atoms with Crippen molar-refractivity contribution in [1.29, 1.82) is 0 Å². The van der Waals surface area contributed by atoms with Crippen molar-refractivity contribution in [3.8, 4) is 0 Å². The van der Waals surface area contributed by atoms with E-state index in [-0.39, 0.29) is 12.1 Å². The van der Waals surface area contributed by atoms with Crippen LogP contribution in [0, 0.1) is 0 Å². The van der Waals surface area contributed by atoms with Gasteiger partial charge in [0.2, 0.25) is 0 Å². The molecule has 1 rings (SSSR count). The molecule has 0 radical (unpaired) electrons. The first-order valence-corrected chi connectivity index (χ1v) is 4.31. The van der Waals surface area contributed by atoms with Gasteiger partial charge >= 0.3 is 5.97 Å². The van der Waals surface area contributed by atoms with E-state index in [2.05, 4.69) is 22.5 Å². The predicted octanol–water partition coefficient (Wildman–Crippen LogP) is 1.64. The summed E-state index contributed by atoms with van der Waals surface area (Å²) in [6.45, 7) is 3.58. The smallest absolute Gasteiger partial charge is 0.333 e. The monoisotopic (exact) mass is 204 g/mol. The molecular formula is C7H9BrO2. The first-order chi connectivity index (χ1) is 4.74. The second kappa shape index (κ2) is 3.19. The fourth-order valence-corrected chi connectivity index (χ4v) is 1.43. The first kappa shape index (κ1) is 7.79. The minimum Gasteiger partial charge on any atom is -0.459 e. The van der Waals surface area contributed by atoms with Crippen molar-refractivity contribution in [2.75, 3.05) is 5.33 Å². The van der Waals surface area contributed by atoms with Crippen molar-refractivity contribution in [2.45, 2.75) is 18.9 Å². The summed E-state index contributed by atoms with van der Waals surface area (Å²) in [5.41, 5.74) is 0.603. The lowest BCUT2D eigenvalue weighted by atomic mass is 10.1. The average molecular weight is 205 g/mol. The number of cyclic esters (lactones) is 1. The van der Waals surface area contributed by atoms with E-state index in [1.54, 1.807) is 0 Å². The zero-order chi connectivity index (χ0) is 7.56. The molecule has 0 spiro atoms. The van der Waals surface area contributed by atoms with Gasteiger partial charge in [-0.2, -0.15) is 0 Å². The summed E-state index contributed by atoms with van der Waals surface area (Å²) in [4.78, 5) is 10.7. The van der Waals surface area contributed by atoms with Crippen LogP contribution in [-0.2, 0) is 9.53 Å². The number of carbonyl (C=O) groups excluding carboxylic acids is 1. The van der Waals surface area contributed by atoms with Crippen LogP contribution in [0.5, 0.6) is 0 Å². The van der Waals surface area contributed by atoms with Gasteiger partial charge in [0, 0.05) is 17.3 Å². The molecule has 1 aliphatic heterocycles. The highest BCUT2D eigenvalue weighted by Gasteiger charge is 2.26. The van der Waals surface area contributed by atoms with Crippen LogP contribution in [0.3, 0.4) is 0 Å². The molecule has 0 aromatic heterocycles. The van der Waals surface area contributed by atoms with Gasteiger partial charge in [-0.3, -0.25) is 0 Å². The summed E-state index contributed by atoms with van der Waals surface area (Å²) >= 11 is 3.28. The van der Waals surface area contributed by atoms with E-state index in [4.69, 9.17) is 4.74 Å². The van der Waals surface area contributed by atoms with Crippen molar-refractivity contribution >= 4 is 21.9 Å². The number of rotatable bonds is 2. The molecule has 0 aromatic rings. The molecule has 56 valence electrons. The Hall–Kier alpha value is -0.310. The summed E-state index contributed by atoms with van der Waals surface area (Å²) < 4.78 is 4.95. The molecule has 1 saturated heterocycles. The molecule has 2 nitrogen and oxygen atoms in total. The highest BCUT2D eigenvalue weighted by molar-refractivity contribution is 9.09. The van der Waals surface area contributed by atoms with Crippen LogP contribution in [0.2, 0.25) is 0 Å². The Kier molecular flexibility index (Phi) is 2.49. The van der Waals surface area contributed by atoms with E-state index in [1.807, 2.05) is 0 Å². The number of hydrogen-bond donors (Lipinski definition) is 0. The van der Waals surface area contributed by atoms with Crippen LogP contribution in [-0.4, -0.2) is 17.4 Å². The van der Waals surface area contributed by atoms with Gasteiger partial charge in [-0.15, -0.1) is 0 Å². The van der Waals surface area contributed by atoms with Crippen molar-refractivity contribution in [1.82, 2.24) is 0 Å². The molecule has 10 heavy (non-hydrogen) atoms. The van der Waals surface area contributed by atoms with Crippen LogP contribution in [0.15, 0.2) is 12.2 Å². The third kappa shape index (κ3) is 1.59. The molecule has 0 N–H and O–H groups in total. The van der Waals surface area contributed by atoms with Crippen LogP contribution in [0.25, 0.3) is 0 Å². The topological polar surface area (TPSA) is 26.3 Å². The SMILES string of the molecule is C=C1CC(CCBr)OC1=O. The molecule has 3 heteroatoms. The minimum absolute atomic E-state index is 0.0689. The largest absolute Gasteiger partial charge is 0.459 e. The third-order valence-electron chi connectivity index (χ3n) is 1.47. The van der Waals surface area contributed by atoms with E-state index >= 15 is 0 Å². The molecule has 0 aliphatic carbocycles. The van der Waals surface area contributed by atoms with E-state index in [0.29, 0.717) is 12.0 Å². The first-order valence-electron chi connectivity index (χ1n) is 3.18. The predicted molar refractivity (Wildman–Crippen MR) is 42.0 cm³/mol. The van der Waals surface area contributed by atoms with Crippen LogP contribution in [0.1, 0.15) is 12.8 Å². The maximum absolute atomic E-state index is 10.7. The Morgan fingerprint density at radius 1 is 1.80 bits per heavy atom. The Morgan fingerprint density at radius 3 is 2.90 bits per heavy atom. The zero-order valence-corrected chi connectivity index (χ0v) is 7.19. The Morgan fingerprint density at radius 2 is 2.50 bits per heavy atom. The van der Waals surface area contributed by atoms with E-state index in [0.717, 1.165) is 11.8 Å². The molecule has 0 amide bonds. The van der Waals surface area contributed by atoms with Crippen LogP contribution >= 0.6 is 15.9 Å². The quantitative estimate of drug-likeness (QED) is 0.389. The maximum atomic E-state index is 10.7. The number of alkyl halides is 1. The van der Waals surface area contributed by atoms with Crippen molar-refractivity contribution < 1.29 is 9.53 Å². The maximum Gasteiger partial charge on any atom is 0.333 e. The Labute approximate surface area is 68.4 Å². The fourth-order valence-electron chi connectivity index (χ4n) is 0.917.